The number of amides is 1. The van der Waals surface area contributed by atoms with E-state index in [0.29, 0.717) is 35.8 Å². The summed E-state index contributed by atoms with van der Waals surface area (Å²) in [4.78, 5) is 32.0. The molecular weight excluding hydrogens is 444 g/mol. The first-order valence-corrected chi connectivity index (χ1v) is 11.3. The van der Waals surface area contributed by atoms with E-state index in [1.807, 2.05) is 13.0 Å². The van der Waals surface area contributed by atoms with Crippen LogP contribution in [-0.2, 0) is 16.1 Å². The van der Waals surface area contributed by atoms with E-state index in [2.05, 4.69) is 11.6 Å². The fourth-order valence-corrected chi connectivity index (χ4v) is 4.04. The maximum absolute atomic E-state index is 13.2. The lowest BCUT2D eigenvalue weighted by Gasteiger charge is -2.25. The molecule has 1 aliphatic heterocycles. The number of pyridine rings is 1. The molecule has 178 valence electrons. The molecule has 7 heteroatoms. The van der Waals surface area contributed by atoms with E-state index in [1.165, 1.54) is 4.90 Å². The van der Waals surface area contributed by atoms with Crippen LogP contribution in [0.5, 0.6) is 11.5 Å². The van der Waals surface area contributed by atoms with Gasteiger partial charge in [0.15, 0.2) is 0 Å². The Morgan fingerprint density at radius 1 is 1.09 bits per heavy atom. The van der Waals surface area contributed by atoms with E-state index >= 15 is 0 Å². The Labute approximate surface area is 203 Å². The molecule has 0 aliphatic carbocycles. The van der Waals surface area contributed by atoms with Crippen molar-refractivity contribution in [3.63, 3.8) is 0 Å². The largest absolute Gasteiger partial charge is 0.507 e. The molecular formula is C28H26N2O5. The summed E-state index contributed by atoms with van der Waals surface area (Å²) < 4.78 is 11.1. The van der Waals surface area contributed by atoms with Gasteiger partial charge in [0.2, 0.25) is 0 Å². The van der Waals surface area contributed by atoms with Gasteiger partial charge in [0.1, 0.15) is 23.9 Å². The lowest BCUT2D eigenvalue weighted by Crippen LogP contribution is -2.29. The summed E-state index contributed by atoms with van der Waals surface area (Å²) in [5, 5.41) is 11.2. The SMILES string of the molecule is C=CCOc1cccc([C@H]2/C(=C(\O)c3ccc(OCC)cc3)C(=O)C(=O)N2Cc2cccnc2)c1. The number of Topliss-reactive ketones (excluding diaryl/α,β-unsaturated/α-hetero) is 1. The van der Waals surface area contributed by atoms with Gasteiger partial charge in [-0.05, 0) is 60.5 Å². The number of aromatic nitrogens is 1. The van der Waals surface area contributed by atoms with Crippen LogP contribution in [-0.4, -0.2) is 39.9 Å². The molecule has 1 saturated heterocycles. The number of hydrogen-bond donors (Lipinski definition) is 1. The zero-order valence-corrected chi connectivity index (χ0v) is 19.4. The molecule has 1 fully saturated rings. The van der Waals surface area contributed by atoms with Crippen molar-refractivity contribution in [3.05, 3.63) is 108 Å². The van der Waals surface area contributed by atoms with E-state index in [-0.39, 0.29) is 17.9 Å². The molecule has 0 saturated carbocycles. The number of carbonyl (C=O) groups excluding carboxylic acids is 2. The third-order valence-electron chi connectivity index (χ3n) is 5.60. The Bertz CT molecular complexity index is 1250. The molecule has 1 amide bonds. The fraction of sp³-hybridized carbons (Fsp3) is 0.179. The molecule has 0 spiro atoms. The summed E-state index contributed by atoms with van der Waals surface area (Å²) in [6.07, 6.45) is 4.92. The minimum absolute atomic E-state index is 0.0175. The number of ether oxygens (including phenoxy) is 2. The lowest BCUT2D eigenvalue weighted by molar-refractivity contribution is -0.140. The van der Waals surface area contributed by atoms with E-state index in [0.717, 1.165) is 5.56 Å². The van der Waals surface area contributed by atoms with Crippen LogP contribution in [0.3, 0.4) is 0 Å². The Kier molecular flexibility index (Phi) is 7.26. The fourth-order valence-electron chi connectivity index (χ4n) is 4.04. The number of ketones is 1. The molecule has 0 unspecified atom stereocenters. The van der Waals surface area contributed by atoms with Gasteiger partial charge in [0, 0.05) is 24.5 Å². The number of aliphatic hydroxyl groups is 1. The molecule has 3 aromatic rings. The predicted molar refractivity (Wildman–Crippen MR) is 132 cm³/mol. The highest BCUT2D eigenvalue weighted by Gasteiger charge is 2.46. The number of nitrogens with zero attached hydrogens (tertiary/aromatic N) is 2. The van der Waals surface area contributed by atoms with E-state index in [9.17, 15) is 14.7 Å². The molecule has 1 atom stereocenters. The quantitative estimate of drug-likeness (QED) is 0.212. The number of likely N-dealkylation sites (tertiary alicyclic amines) is 1. The first-order valence-electron chi connectivity index (χ1n) is 11.3. The van der Waals surface area contributed by atoms with Crippen LogP contribution >= 0.6 is 0 Å². The van der Waals surface area contributed by atoms with Crippen molar-refractivity contribution in [2.75, 3.05) is 13.2 Å². The lowest BCUT2D eigenvalue weighted by atomic mass is 9.95. The van der Waals surface area contributed by atoms with Crippen LogP contribution in [0.4, 0.5) is 0 Å². The predicted octanol–water partition coefficient (Wildman–Crippen LogP) is 4.67. The highest BCUT2D eigenvalue weighted by atomic mass is 16.5. The molecule has 1 aliphatic rings. The van der Waals surface area contributed by atoms with E-state index < -0.39 is 17.7 Å². The zero-order valence-electron chi connectivity index (χ0n) is 19.4. The van der Waals surface area contributed by atoms with Crippen LogP contribution in [0, 0.1) is 0 Å². The smallest absolute Gasteiger partial charge is 0.295 e. The third kappa shape index (κ3) is 5.09. The second-order valence-electron chi connectivity index (χ2n) is 7.92. The summed E-state index contributed by atoms with van der Waals surface area (Å²) in [7, 11) is 0. The monoisotopic (exact) mass is 470 g/mol. The molecule has 0 radical (unpaired) electrons. The van der Waals surface area contributed by atoms with Crippen molar-refractivity contribution in [1.82, 2.24) is 9.88 Å². The van der Waals surface area contributed by atoms with Gasteiger partial charge >= 0.3 is 0 Å². The Morgan fingerprint density at radius 3 is 2.57 bits per heavy atom. The average molecular weight is 471 g/mol. The van der Waals surface area contributed by atoms with Crippen molar-refractivity contribution in [1.29, 1.82) is 0 Å². The molecule has 4 rings (SSSR count). The average Bonchev–Trinajstić information content (AvgIpc) is 3.13. The van der Waals surface area contributed by atoms with Crippen molar-refractivity contribution >= 4 is 17.4 Å². The second kappa shape index (κ2) is 10.7. The minimum Gasteiger partial charge on any atom is -0.507 e. The van der Waals surface area contributed by atoms with Crippen molar-refractivity contribution in [2.24, 2.45) is 0 Å². The van der Waals surface area contributed by atoms with Crippen molar-refractivity contribution < 1.29 is 24.2 Å². The summed E-state index contributed by atoms with van der Waals surface area (Å²) in [6.45, 7) is 6.52. The second-order valence-corrected chi connectivity index (χ2v) is 7.92. The first-order chi connectivity index (χ1) is 17.0. The molecule has 1 N–H and O–H groups in total. The van der Waals surface area contributed by atoms with Gasteiger partial charge in [-0.1, -0.05) is 30.9 Å². The van der Waals surface area contributed by atoms with Gasteiger partial charge in [-0.2, -0.15) is 0 Å². The maximum Gasteiger partial charge on any atom is 0.295 e. The van der Waals surface area contributed by atoms with Gasteiger partial charge in [-0.15, -0.1) is 0 Å². The van der Waals surface area contributed by atoms with Gasteiger partial charge in [0.25, 0.3) is 11.7 Å². The van der Waals surface area contributed by atoms with E-state index in [1.54, 1.807) is 73.1 Å². The highest BCUT2D eigenvalue weighted by molar-refractivity contribution is 6.46. The topological polar surface area (TPSA) is 89.0 Å². The Hall–Kier alpha value is -4.39. The van der Waals surface area contributed by atoms with Crippen LogP contribution in [0.25, 0.3) is 5.76 Å². The molecule has 2 aromatic carbocycles. The number of benzene rings is 2. The van der Waals surface area contributed by atoms with Crippen LogP contribution < -0.4 is 9.47 Å². The number of carbonyl (C=O) groups is 2. The molecule has 35 heavy (non-hydrogen) atoms. The van der Waals surface area contributed by atoms with E-state index in [4.69, 9.17) is 9.47 Å². The maximum atomic E-state index is 13.2. The van der Waals surface area contributed by atoms with Gasteiger partial charge in [-0.3, -0.25) is 14.6 Å². The number of rotatable bonds is 9. The molecule has 7 nitrogen and oxygen atoms in total. The molecule has 1 aromatic heterocycles. The standard InChI is InChI=1S/C28H26N2O5/c1-3-15-35-23-9-5-8-21(16-23)25-24(26(31)20-10-12-22(13-11-20)34-4-2)27(32)28(33)30(25)18-19-7-6-14-29-17-19/h3,5-14,16-17,25,31H,1,4,15,18H2,2H3/b26-24+/t25-/m0/s1. The summed E-state index contributed by atoms with van der Waals surface area (Å²) in [5.41, 5.74) is 1.84. The van der Waals surface area contributed by atoms with Crippen LogP contribution in [0.1, 0.15) is 29.7 Å². The third-order valence-corrected chi connectivity index (χ3v) is 5.60. The van der Waals surface area contributed by atoms with Gasteiger partial charge in [0.05, 0.1) is 18.2 Å². The Morgan fingerprint density at radius 2 is 1.89 bits per heavy atom. The molecule has 2 heterocycles. The van der Waals surface area contributed by atoms with Crippen LogP contribution in [0.2, 0.25) is 0 Å². The summed E-state index contributed by atoms with van der Waals surface area (Å²) >= 11 is 0. The first kappa shape index (κ1) is 23.8. The number of hydrogen-bond acceptors (Lipinski definition) is 6. The zero-order chi connectivity index (χ0) is 24.8. The van der Waals surface area contributed by atoms with Crippen molar-refractivity contribution in [3.8, 4) is 11.5 Å². The minimum atomic E-state index is -0.811. The van der Waals surface area contributed by atoms with Crippen molar-refractivity contribution in [2.45, 2.75) is 19.5 Å². The van der Waals surface area contributed by atoms with Crippen LogP contribution in [0.15, 0.2) is 91.3 Å². The normalized spacial score (nSPS) is 16.8. The highest BCUT2D eigenvalue weighted by Crippen LogP contribution is 2.41. The Balaban J connectivity index is 1.81. The molecule has 0 bridgehead atoms. The number of aliphatic hydroxyl groups excluding tert-OH is 1. The summed E-state index contributed by atoms with van der Waals surface area (Å²) in [5.74, 6) is -0.478. The van der Waals surface area contributed by atoms with Gasteiger partial charge in [-0.25, -0.2) is 0 Å². The summed E-state index contributed by atoms with van der Waals surface area (Å²) in [6, 6.07) is 16.7. The van der Waals surface area contributed by atoms with Gasteiger partial charge < -0.3 is 19.5 Å².